The molecule has 1 aliphatic rings. The van der Waals surface area contributed by atoms with Crippen molar-refractivity contribution in [3.63, 3.8) is 0 Å². The van der Waals surface area contributed by atoms with Crippen LogP contribution in [0, 0.1) is 5.92 Å². The summed E-state index contributed by atoms with van der Waals surface area (Å²) in [5.74, 6) is 0.750. The first-order chi connectivity index (χ1) is 13.4. The van der Waals surface area contributed by atoms with Gasteiger partial charge in [0.15, 0.2) is 5.82 Å². The lowest BCUT2D eigenvalue weighted by Gasteiger charge is -2.30. The highest BCUT2D eigenvalue weighted by Gasteiger charge is 2.30. The normalized spacial score (nSPS) is 16.5. The zero-order valence-electron chi connectivity index (χ0n) is 15.4. The van der Waals surface area contributed by atoms with Crippen LogP contribution < -0.4 is 5.56 Å². The summed E-state index contributed by atoms with van der Waals surface area (Å²) in [6.45, 7) is 1.28. The fraction of sp³-hybridized carbons (Fsp3) is 0.412. The lowest BCUT2D eigenvalue weighted by Crippen LogP contribution is -2.40. The quantitative estimate of drug-likeness (QED) is 0.605. The van der Waals surface area contributed by atoms with Crippen molar-refractivity contribution in [3.05, 3.63) is 53.3 Å². The van der Waals surface area contributed by atoms with Crippen LogP contribution in [0.15, 0.2) is 52.7 Å². The Bertz CT molecular complexity index is 1110. The highest BCUT2D eigenvalue weighted by Crippen LogP contribution is 2.24. The van der Waals surface area contributed by atoms with Crippen LogP contribution in [0.2, 0.25) is 0 Å². The smallest absolute Gasteiger partial charge is 0.266 e. The van der Waals surface area contributed by atoms with Gasteiger partial charge in [0.05, 0.1) is 6.20 Å². The van der Waals surface area contributed by atoms with Crippen LogP contribution in [0.3, 0.4) is 0 Å². The summed E-state index contributed by atoms with van der Waals surface area (Å²) in [6, 6.07) is 4.90. The first kappa shape index (κ1) is 18.6. The van der Waals surface area contributed by atoms with E-state index >= 15 is 0 Å². The molecule has 0 amide bonds. The van der Waals surface area contributed by atoms with E-state index in [4.69, 9.17) is 0 Å². The number of rotatable bonds is 5. The summed E-state index contributed by atoms with van der Waals surface area (Å²) >= 11 is 0. The molecule has 3 aromatic rings. The Morgan fingerprint density at radius 1 is 1.18 bits per heavy atom. The van der Waals surface area contributed by atoms with E-state index < -0.39 is 10.0 Å². The zero-order chi connectivity index (χ0) is 19.7. The van der Waals surface area contributed by atoms with Crippen molar-refractivity contribution in [2.45, 2.75) is 24.3 Å². The Labute approximate surface area is 162 Å². The average Bonchev–Trinajstić information content (AvgIpc) is 3.36. The molecule has 4 rings (SSSR count). The van der Waals surface area contributed by atoms with Crippen molar-refractivity contribution >= 4 is 10.0 Å². The Morgan fingerprint density at radius 2 is 1.96 bits per heavy atom. The highest BCUT2D eigenvalue weighted by atomic mass is 32.2. The van der Waals surface area contributed by atoms with Crippen LogP contribution in [-0.2, 0) is 23.6 Å². The third-order valence-corrected chi connectivity index (χ3v) is 6.77. The predicted molar refractivity (Wildman–Crippen MR) is 100 cm³/mol. The van der Waals surface area contributed by atoms with E-state index in [9.17, 15) is 13.2 Å². The second kappa shape index (κ2) is 7.32. The molecule has 0 saturated carbocycles. The molecule has 28 heavy (non-hydrogen) atoms. The Balaban J connectivity index is 1.44. The molecule has 148 valence electrons. The van der Waals surface area contributed by atoms with Crippen molar-refractivity contribution in [1.82, 2.24) is 33.6 Å². The van der Waals surface area contributed by atoms with Crippen LogP contribution in [0.5, 0.6) is 0 Å². The summed E-state index contributed by atoms with van der Waals surface area (Å²) in [6.07, 6.45) is 7.62. The maximum Gasteiger partial charge on any atom is 0.266 e. The van der Waals surface area contributed by atoms with Crippen molar-refractivity contribution in [3.8, 4) is 5.82 Å². The van der Waals surface area contributed by atoms with Gasteiger partial charge >= 0.3 is 0 Å². The molecule has 0 unspecified atom stereocenters. The maximum atomic E-state index is 12.7. The van der Waals surface area contributed by atoms with Crippen molar-refractivity contribution in [2.24, 2.45) is 13.0 Å². The molecule has 3 aromatic heterocycles. The summed E-state index contributed by atoms with van der Waals surface area (Å²) in [5, 5.41) is 12.5. The average molecular weight is 403 g/mol. The lowest BCUT2D eigenvalue weighted by atomic mass is 9.98. The van der Waals surface area contributed by atoms with Gasteiger partial charge in [0.2, 0.25) is 10.0 Å². The molecule has 1 saturated heterocycles. The van der Waals surface area contributed by atoms with Gasteiger partial charge in [-0.25, -0.2) is 17.8 Å². The van der Waals surface area contributed by atoms with Crippen molar-refractivity contribution in [1.29, 1.82) is 0 Å². The van der Waals surface area contributed by atoms with Crippen LogP contribution in [0.1, 0.15) is 12.8 Å². The SMILES string of the molecule is Cn1cc(S(=O)(=O)N2CCC(Cn3nc(-n4cccn4)ccc3=O)CC2)cn1. The van der Waals surface area contributed by atoms with Gasteiger partial charge in [0.25, 0.3) is 5.56 Å². The molecule has 0 atom stereocenters. The minimum atomic E-state index is -3.53. The predicted octanol–water partition coefficient (Wildman–Crippen LogP) is 0.263. The number of aromatic nitrogens is 6. The molecule has 0 bridgehead atoms. The molecule has 10 nitrogen and oxygen atoms in total. The second-order valence-corrected chi connectivity index (χ2v) is 8.80. The second-order valence-electron chi connectivity index (χ2n) is 6.86. The molecular formula is C17H21N7O3S. The third-order valence-electron chi connectivity index (χ3n) is 4.92. The first-order valence-electron chi connectivity index (χ1n) is 9.00. The number of aryl methyl sites for hydroxylation is 1. The Kier molecular flexibility index (Phi) is 4.85. The summed E-state index contributed by atoms with van der Waals surface area (Å²) in [4.78, 5) is 12.4. The van der Waals surface area contributed by atoms with Gasteiger partial charge in [0, 0.05) is 51.3 Å². The molecule has 1 fully saturated rings. The number of hydrogen-bond donors (Lipinski definition) is 0. The van der Waals surface area contributed by atoms with E-state index in [2.05, 4.69) is 15.3 Å². The first-order valence-corrected chi connectivity index (χ1v) is 10.4. The molecule has 4 heterocycles. The van der Waals surface area contributed by atoms with Crippen molar-refractivity contribution in [2.75, 3.05) is 13.1 Å². The van der Waals surface area contributed by atoms with E-state index in [1.807, 2.05) is 0 Å². The molecule has 0 spiro atoms. The van der Waals surface area contributed by atoms with Gasteiger partial charge in [0.1, 0.15) is 4.90 Å². The van der Waals surface area contributed by atoms with E-state index in [1.54, 1.807) is 36.3 Å². The number of piperidine rings is 1. The largest absolute Gasteiger partial charge is 0.274 e. The van der Waals surface area contributed by atoms with Crippen LogP contribution in [0.25, 0.3) is 5.82 Å². The summed E-state index contributed by atoms with van der Waals surface area (Å²) in [5.41, 5.74) is -0.179. The molecule has 1 aliphatic heterocycles. The van der Waals surface area contributed by atoms with Gasteiger partial charge in [-0.05, 0) is 30.9 Å². The van der Waals surface area contributed by atoms with E-state index in [0.29, 0.717) is 38.3 Å². The minimum absolute atomic E-state index is 0.179. The summed E-state index contributed by atoms with van der Waals surface area (Å²) < 4.78 is 31.4. The molecular weight excluding hydrogens is 382 g/mol. The fourth-order valence-corrected chi connectivity index (χ4v) is 4.81. The highest BCUT2D eigenvalue weighted by molar-refractivity contribution is 7.89. The molecule has 11 heteroatoms. The van der Waals surface area contributed by atoms with Gasteiger partial charge in [-0.15, -0.1) is 5.10 Å². The fourth-order valence-electron chi connectivity index (χ4n) is 3.35. The van der Waals surface area contributed by atoms with E-state index in [0.717, 1.165) is 0 Å². The molecule has 0 aromatic carbocycles. The molecule has 0 radical (unpaired) electrons. The number of nitrogens with zero attached hydrogens (tertiary/aromatic N) is 7. The van der Waals surface area contributed by atoms with E-state index in [-0.39, 0.29) is 16.4 Å². The maximum absolute atomic E-state index is 12.7. The number of sulfonamides is 1. The van der Waals surface area contributed by atoms with Crippen LogP contribution in [-0.4, -0.2) is 55.2 Å². The molecule has 0 aliphatic carbocycles. The monoisotopic (exact) mass is 403 g/mol. The molecule has 0 N–H and O–H groups in total. The topological polar surface area (TPSA) is 108 Å². The zero-order valence-corrected chi connectivity index (χ0v) is 16.2. The summed E-state index contributed by atoms with van der Waals surface area (Å²) in [7, 11) is -1.84. The van der Waals surface area contributed by atoms with Gasteiger partial charge in [-0.1, -0.05) is 0 Å². The Hall–Kier alpha value is -2.79. The third kappa shape index (κ3) is 3.62. The van der Waals surface area contributed by atoms with Crippen LogP contribution >= 0.6 is 0 Å². The van der Waals surface area contributed by atoms with Gasteiger partial charge in [-0.3, -0.25) is 9.48 Å². The van der Waals surface area contributed by atoms with Crippen molar-refractivity contribution < 1.29 is 8.42 Å². The lowest BCUT2D eigenvalue weighted by molar-refractivity contribution is 0.244. The van der Waals surface area contributed by atoms with Crippen LogP contribution in [0.4, 0.5) is 0 Å². The van der Waals surface area contributed by atoms with E-state index in [1.165, 1.54) is 32.1 Å². The Morgan fingerprint density at radius 3 is 2.61 bits per heavy atom. The minimum Gasteiger partial charge on any atom is -0.274 e. The van der Waals surface area contributed by atoms with Gasteiger partial charge < -0.3 is 0 Å². The van der Waals surface area contributed by atoms with Gasteiger partial charge in [-0.2, -0.15) is 14.5 Å². The number of hydrogen-bond acceptors (Lipinski definition) is 6. The standard InChI is InChI=1S/C17H21N7O3S/c1-21-13-15(11-19-21)28(26,27)22-9-5-14(6-10-22)12-24-17(25)4-3-16(20-24)23-8-2-7-18-23/h2-4,7-8,11,13-14H,5-6,9-10,12H2,1H3.